The molecule has 1 heterocycles. The van der Waals surface area contributed by atoms with Crippen molar-refractivity contribution in [3.05, 3.63) is 42.0 Å². The fraction of sp³-hybridized carbons (Fsp3) is 0.400. The lowest BCUT2D eigenvalue weighted by molar-refractivity contribution is 0.158. The van der Waals surface area contributed by atoms with Crippen LogP contribution in [0.3, 0.4) is 0 Å². The van der Waals surface area contributed by atoms with Gasteiger partial charge in [-0.05, 0) is 18.6 Å². The van der Waals surface area contributed by atoms with E-state index in [-0.39, 0.29) is 0 Å². The van der Waals surface area contributed by atoms with Gasteiger partial charge in [0.25, 0.3) is 0 Å². The van der Waals surface area contributed by atoms with E-state index in [4.69, 9.17) is 9.47 Å². The van der Waals surface area contributed by atoms with E-state index < -0.39 is 6.10 Å². The highest BCUT2D eigenvalue weighted by molar-refractivity contribution is 5.46. The second-order valence-electron chi connectivity index (χ2n) is 4.59. The maximum absolute atomic E-state index is 10.4. The Morgan fingerprint density at radius 2 is 1.90 bits per heavy atom. The topological polar surface area (TPSA) is 56.5 Å². The van der Waals surface area contributed by atoms with Crippen LogP contribution in [0.15, 0.2) is 30.6 Å². The van der Waals surface area contributed by atoms with Crippen LogP contribution in [0.1, 0.15) is 23.9 Å². The molecule has 5 heteroatoms. The number of hydrogen-bond acceptors (Lipinski definition) is 4. The minimum Gasteiger partial charge on any atom is -0.496 e. The van der Waals surface area contributed by atoms with E-state index in [2.05, 4.69) is 4.98 Å². The van der Waals surface area contributed by atoms with E-state index in [1.807, 2.05) is 36.0 Å². The number of aromatic nitrogens is 2. The fourth-order valence-electron chi connectivity index (χ4n) is 2.26. The van der Waals surface area contributed by atoms with Gasteiger partial charge in [0.05, 0.1) is 25.9 Å². The monoisotopic (exact) mass is 276 g/mol. The van der Waals surface area contributed by atoms with Crippen LogP contribution in [0, 0.1) is 0 Å². The molecule has 5 nitrogen and oxygen atoms in total. The van der Waals surface area contributed by atoms with Crippen molar-refractivity contribution < 1.29 is 14.6 Å². The highest BCUT2D eigenvalue weighted by Gasteiger charge is 2.19. The minimum atomic E-state index is -0.655. The second-order valence-corrected chi connectivity index (χ2v) is 4.59. The van der Waals surface area contributed by atoms with Crippen molar-refractivity contribution in [1.82, 2.24) is 9.55 Å². The first-order valence-electron chi connectivity index (χ1n) is 6.52. The largest absolute Gasteiger partial charge is 0.496 e. The normalized spacial score (nSPS) is 12.2. The molecule has 0 aliphatic rings. The number of rotatable bonds is 6. The van der Waals surface area contributed by atoms with Gasteiger partial charge in [0.1, 0.15) is 17.3 Å². The van der Waals surface area contributed by atoms with Crippen molar-refractivity contribution in [2.75, 3.05) is 14.2 Å². The molecule has 0 aliphatic heterocycles. The number of imidazole rings is 1. The molecule has 0 fully saturated rings. The molecule has 0 spiro atoms. The van der Waals surface area contributed by atoms with Gasteiger partial charge in [-0.2, -0.15) is 0 Å². The molecule has 0 saturated carbocycles. The van der Waals surface area contributed by atoms with E-state index >= 15 is 0 Å². The molecule has 0 saturated heterocycles. The first-order valence-corrected chi connectivity index (χ1v) is 6.52. The second kappa shape index (κ2) is 6.43. The Morgan fingerprint density at radius 3 is 2.40 bits per heavy atom. The molecule has 0 aliphatic carbocycles. The number of ether oxygens (including phenoxy) is 2. The molecule has 2 aromatic rings. The summed E-state index contributed by atoms with van der Waals surface area (Å²) in [4.78, 5) is 4.26. The molecule has 1 unspecified atom stereocenters. The smallest absolute Gasteiger partial charge is 0.128 e. The Labute approximate surface area is 118 Å². The average Bonchev–Trinajstić information content (AvgIpc) is 2.89. The highest BCUT2D eigenvalue weighted by Crippen LogP contribution is 2.35. The number of aliphatic hydroxyl groups is 1. The number of aliphatic hydroxyl groups excluding tert-OH is 1. The first-order chi connectivity index (χ1) is 9.67. The summed E-state index contributed by atoms with van der Waals surface area (Å²) in [5.74, 6) is 2.21. The maximum atomic E-state index is 10.4. The van der Waals surface area contributed by atoms with Gasteiger partial charge >= 0.3 is 0 Å². The average molecular weight is 276 g/mol. The molecule has 2 rings (SSSR count). The summed E-state index contributed by atoms with van der Waals surface area (Å²) in [6.45, 7) is 0. The van der Waals surface area contributed by atoms with Gasteiger partial charge in [-0.25, -0.2) is 4.98 Å². The Morgan fingerprint density at radius 1 is 1.25 bits per heavy atom. The Bertz CT molecular complexity index is 544. The summed E-state index contributed by atoms with van der Waals surface area (Å²) in [6, 6.07) is 5.48. The lowest BCUT2D eigenvalue weighted by Gasteiger charge is -2.18. The number of hydrogen-bond donors (Lipinski definition) is 1. The van der Waals surface area contributed by atoms with Crippen LogP contribution >= 0.6 is 0 Å². The highest BCUT2D eigenvalue weighted by atomic mass is 16.5. The summed E-state index contributed by atoms with van der Waals surface area (Å²) in [5, 5.41) is 10.4. The summed E-state index contributed by atoms with van der Waals surface area (Å²) in [5.41, 5.74) is 0.687. The van der Waals surface area contributed by atoms with E-state index in [1.165, 1.54) is 0 Å². The molecule has 20 heavy (non-hydrogen) atoms. The van der Waals surface area contributed by atoms with E-state index in [9.17, 15) is 5.11 Å². The molecule has 1 aromatic heterocycles. The summed E-state index contributed by atoms with van der Waals surface area (Å²) in [6.07, 6.45) is 4.24. The Kier molecular flexibility index (Phi) is 4.63. The van der Waals surface area contributed by atoms with Crippen LogP contribution in [0.25, 0.3) is 0 Å². The van der Waals surface area contributed by atoms with Crippen molar-refractivity contribution in [3.63, 3.8) is 0 Å². The standard InChI is InChI=1S/C15H20N2O3/c1-17-10-9-16-14(17)8-7-11(18)15-12(19-2)5-4-6-13(15)20-3/h4-6,9-11,18H,7-8H2,1-3H3. The number of aryl methyl sites for hydroxylation is 2. The predicted octanol–water partition coefficient (Wildman–Crippen LogP) is 2.10. The van der Waals surface area contributed by atoms with E-state index in [0.717, 1.165) is 5.82 Å². The Hall–Kier alpha value is -2.01. The van der Waals surface area contributed by atoms with Crippen LogP contribution in [-0.4, -0.2) is 28.9 Å². The zero-order valence-electron chi connectivity index (χ0n) is 12.0. The summed E-state index contributed by atoms with van der Waals surface area (Å²) >= 11 is 0. The number of methoxy groups -OCH3 is 2. The third-order valence-electron chi connectivity index (χ3n) is 3.36. The van der Waals surface area contributed by atoms with Crippen molar-refractivity contribution in [1.29, 1.82) is 0 Å². The van der Waals surface area contributed by atoms with Crippen LogP contribution in [-0.2, 0) is 13.5 Å². The lowest BCUT2D eigenvalue weighted by Crippen LogP contribution is -2.06. The van der Waals surface area contributed by atoms with Gasteiger partial charge < -0.3 is 19.1 Å². The molecule has 1 aromatic carbocycles. The molecule has 1 atom stereocenters. The summed E-state index contributed by atoms with van der Waals surface area (Å²) < 4.78 is 12.6. The molecular formula is C15H20N2O3. The molecule has 0 radical (unpaired) electrons. The zero-order chi connectivity index (χ0) is 14.5. The van der Waals surface area contributed by atoms with E-state index in [0.29, 0.717) is 29.9 Å². The van der Waals surface area contributed by atoms with Crippen molar-refractivity contribution in [2.45, 2.75) is 18.9 Å². The fourth-order valence-corrected chi connectivity index (χ4v) is 2.26. The molecular weight excluding hydrogens is 256 g/mol. The molecule has 0 bridgehead atoms. The first kappa shape index (κ1) is 14.4. The Balaban J connectivity index is 2.16. The quantitative estimate of drug-likeness (QED) is 0.878. The van der Waals surface area contributed by atoms with Gasteiger partial charge in [0.2, 0.25) is 0 Å². The van der Waals surface area contributed by atoms with Gasteiger partial charge in [0.15, 0.2) is 0 Å². The van der Waals surface area contributed by atoms with Crippen LogP contribution in [0.2, 0.25) is 0 Å². The number of nitrogens with zero attached hydrogens (tertiary/aromatic N) is 2. The van der Waals surface area contributed by atoms with Gasteiger partial charge in [-0.1, -0.05) is 6.07 Å². The van der Waals surface area contributed by atoms with Crippen molar-refractivity contribution >= 4 is 0 Å². The van der Waals surface area contributed by atoms with E-state index in [1.54, 1.807) is 20.4 Å². The number of benzene rings is 1. The van der Waals surface area contributed by atoms with Crippen molar-refractivity contribution in [2.24, 2.45) is 7.05 Å². The SMILES string of the molecule is COc1cccc(OC)c1C(O)CCc1nccn1C. The maximum Gasteiger partial charge on any atom is 0.128 e. The lowest BCUT2D eigenvalue weighted by atomic mass is 10.0. The third-order valence-corrected chi connectivity index (χ3v) is 3.36. The molecule has 108 valence electrons. The predicted molar refractivity (Wildman–Crippen MR) is 76.0 cm³/mol. The van der Waals surface area contributed by atoms with Gasteiger partial charge in [-0.15, -0.1) is 0 Å². The molecule has 1 N–H and O–H groups in total. The summed E-state index contributed by atoms with van der Waals surface area (Å²) in [7, 11) is 5.12. The van der Waals surface area contributed by atoms with Gasteiger partial charge in [0, 0.05) is 25.9 Å². The third kappa shape index (κ3) is 2.93. The van der Waals surface area contributed by atoms with Crippen LogP contribution in [0.4, 0.5) is 0 Å². The minimum absolute atomic E-state index is 0.557. The van der Waals surface area contributed by atoms with Gasteiger partial charge in [-0.3, -0.25) is 0 Å². The zero-order valence-corrected chi connectivity index (χ0v) is 12.0. The van der Waals surface area contributed by atoms with Crippen LogP contribution in [0.5, 0.6) is 11.5 Å². The van der Waals surface area contributed by atoms with Crippen LogP contribution < -0.4 is 9.47 Å². The van der Waals surface area contributed by atoms with Crippen molar-refractivity contribution in [3.8, 4) is 11.5 Å². The molecule has 0 amide bonds.